The van der Waals surface area contributed by atoms with Crippen LogP contribution in [0.3, 0.4) is 0 Å². The van der Waals surface area contributed by atoms with E-state index in [0.29, 0.717) is 5.31 Å². The summed E-state index contributed by atoms with van der Waals surface area (Å²) in [4.78, 5) is 0. The summed E-state index contributed by atoms with van der Waals surface area (Å²) in [5, 5.41) is 0.597. The van der Waals surface area contributed by atoms with Crippen LogP contribution in [0, 0.1) is 0 Å². The number of rotatable bonds is 6. The summed E-state index contributed by atoms with van der Waals surface area (Å²) in [7, 11) is 4.80. The first-order valence-corrected chi connectivity index (χ1v) is 6.09. The van der Waals surface area contributed by atoms with Gasteiger partial charge < -0.3 is 0 Å². The molecule has 0 aliphatic rings. The molecule has 0 amide bonds. The van der Waals surface area contributed by atoms with Gasteiger partial charge in [0, 0.05) is 0 Å². The molecule has 2 radical (unpaired) electrons. The van der Waals surface area contributed by atoms with E-state index in [1.54, 1.807) is 0 Å². The number of hydrogen-bond acceptors (Lipinski definition) is 0. The van der Waals surface area contributed by atoms with Crippen LogP contribution in [0.5, 0.6) is 0 Å². The Labute approximate surface area is 98.4 Å². The number of allylic oxidation sites excluding steroid dienone is 2. The fraction of sp³-hybridized carbons (Fsp3) is 0.846. The van der Waals surface area contributed by atoms with E-state index in [1.165, 1.54) is 12.0 Å². The summed E-state index contributed by atoms with van der Waals surface area (Å²) in [6.07, 6.45) is 4.58. The Hall–Kier alpha value is -0.130. The van der Waals surface area contributed by atoms with Gasteiger partial charge in [0.25, 0.3) is 0 Å². The summed E-state index contributed by atoms with van der Waals surface area (Å²) >= 11 is 0. The van der Waals surface area contributed by atoms with Gasteiger partial charge in [-0.25, -0.2) is 0 Å². The summed E-state index contributed by atoms with van der Waals surface area (Å²) < 4.78 is 0. The SMILES string of the molecule is C[B]C(C)(C[B]C(C)(C)CC)/C(C)=C/C. The van der Waals surface area contributed by atoms with Gasteiger partial charge in [-0.05, 0) is 19.2 Å². The lowest BCUT2D eigenvalue weighted by molar-refractivity contribution is 0.630. The third kappa shape index (κ3) is 4.49. The fourth-order valence-electron chi connectivity index (χ4n) is 1.47. The van der Waals surface area contributed by atoms with Crippen LogP contribution in [0.15, 0.2) is 11.6 Å². The highest BCUT2D eigenvalue weighted by Crippen LogP contribution is 2.41. The molecule has 0 saturated carbocycles. The van der Waals surface area contributed by atoms with Crippen LogP contribution in [-0.2, 0) is 0 Å². The molecule has 0 saturated heterocycles. The van der Waals surface area contributed by atoms with Crippen molar-refractivity contribution in [2.24, 2.45) is 0 Å². The highest BCUT2D eigenvalue weighted by molar-refractivity contribution is 6.47. The molecule has 0 nitrogen and oxygen atoms in total. The maximum Gasteiger partial charge on any atom is 0.118 e. The van der Waals surface area contributed by atoms with Gasteiger partial charge in [-0.2, -0.15) is 0 Å². The molecule has 1 unspecified atom stereocenters. The lowest BCUT2D eigenvalue weighted by Gasteiger charge is -2.33. The molecule has 0 aliphatic carbocycles. The van der Waals surface area contributed by atoms with Crippen LogP contribution in [0.1, 0.15) is 48.0 Å². The second kappa shape index (κ2) is 5.82. The molecule has 2 heteroatoms. The molecule has 0 bridgehead atoms. The van der Waals surface area contributed by atoms with E-state index in [9.17, 15) is 0 Å². The predicted octanol–water partition coefficient (Wildman–Crippen LogP) is 4.61. The molecule has 0 heterocycles. The molecule has 0 N–H and O–H groups in total. The van der Waals surface area contributed by atoms with Gasteiger partial charge >= 0.3 is 0 Å². The van der Waals surface area contributed by atoms with E-state index in [1.807, 2.05) is 0 Å². The fourth-order valence-corrected chi connectivity index (χ4v) is 1.47. The first kappa shape index (κ1) is 14.9. The second-order valence-electron chi connectivity index (χ2n) is 5.43. The highest BCUT2D eigenvalue weighted by atomic mass is 14.2. The van der Waals surface area contributed by atoms with Gasteiger partial charge in [-0.15, -0.1) is 0 Å². The van der Waals surface area contributed by atoms with E-state index in [4.69, 9.17) is 0 Å². The zero-order chi connectivity index (χ0) is 12.1. The Morgan fingerprint density at radius 3 is 2.13 bits per heavy atom. The minimum absolute atomic E-state index is 0.237. The van der Waals surface area contributed by atoms with Gasteiger partial charge in [0.15, 0.2) is 0 Å². The highest BCUT2D eigenvalue weighted by Gasteiger charge is 2.27. The molecule has 0 aromatic heterocycles. The summed E-state index contributed by atoms with van der Waals surface area (Å²) in [5.74, 6) is 0. The third-order valence-electron chi connectivity index (χ3n) is 3.96. The Bertz CT molecular complexity index is 219. The van der Waals surface area contributed by atoms with E-state index < -0.39 is 0 Å². The smallest absolute Gasteiger partial charge is 0.0911 e. The molecule has 15 heavy (non-hydrogen) atoms. The normalized spacial score (nSPS) is 17.1. The molecule has 0 spiro atoms. The lowest BCUT2D eigenvalue weighted by Crippen LogP contribution is -2.23. The van der Waals surface area contributed by atoms with Crippen molar-refractivity contribution >= 4 is 14.6 Å². The average Bonchev–Trinajstić information content (AvgIpc) is 2.24. The van der Waals surface area contributed by atoms with Crippen LogP contribution >= 0.6 is 0 Å². The predicted molar refractivity (Wildman–Crippen MR) is 74.3 cm³/mol. The maximum absolute atomic E-state index is 2.47. The second-order valence-corrected chi connectivity index (χ2v) is 5.43. The summed E-state index contributed by atoms with van der Waals surface area (Å²) in [6, 6.07) is 0. The van der Waals surface area contributed by atoms with Crippen molar-refractivity contribution in [3.63, 3.8) is 0 Å². The zero-order valence-electron chi connectivity index (χ0n) is 11.6. The zero-order valence-corrected chi connectivity index (χ0v) is 11.6. The first-order chi connectivity index (χ1) is 6.81. The minimum Gasteiger partial charge on any atom is -0.0911 e. The van der Waals surface area contributed by atoms with E-state index in [0.717, 1.165) is 6.32 Å². The van der Waals surface area contributed by atoms with E-state index >= 15 is 0 Å². The van der Waals surface area contributed by atoms with Gasteiger partial charge in [0.2, 0.25) is 0 Å². The van der Waals surface area contributed by atoms with Crippen molar-refractivity contribution in [1.29, 1.82) is 0 Å². The van der Waals surface area contributed by atoms with Crippen molar-refractivity contribution in [2.45, 2.75) is 71.7 Å². The molecule has 0 rings (SSSR count). The van der Waals surface area contributed by atoms with Crippen LogP contribution in [0.25, 0.3) is 0 Å². The van der Waals surface area contributed by atoms with Gasteiger partial charge in [-0.1, -0.05) is 64.2 Å². The molecular weight excluding hydrogens is 178 g/mol. The van der Waals surface area contributed by atoms with Crippen molar-refractivity contribution in [1.82, 2.24) is 0 Å². The monoisotopic (exact) mass is 204 g/mol. The molecule has 1 atom stereocenters. The maximum atomic E-state index is 2.47. The van der Waals surface area contributed by atoms with Crippen molar-refractivity contribution < 1.29 is 0 Å². The quantitative estimate of drug-likeness (QED) is 0.437. The number of hydrogen-bond donors (Lipinski definition) is 0. The van der Waals surface area contributed by atoms with Crippen LogP contribution < -0.4 is 0 Å². The Kier molecular flexibility index (Phi) is 5.77. The standard InChI is InChI=1S/C13H26B2/c1-8-11(3)13(6,14-7)10-15-12(4,5)9-2/h8H,9-10H2,1-7H3/b11-8+. The van der Waals surface area contributed by atoms with E-state index in [2.05, 4.69) is 69.0 Å². The van der Waals surface area contributed by atoms with E-state index in [-0.39, 0.29) is 5.31 Å². The lowest BCUT2D eigenvalue weighted by atomic mass is 9.38. The Morgan fingerprint density at radius 1 is 1.27 bits per heavy atom. The summed E-state index contributed by atoms with van der Waals surface area (Å²) in [5.41, 5.74) is 1.47. The summed E-state index contributed by atoms with van der Waals surface area (Å²) in [6.45, 7) is 15.7. The molecule has 0 fully saturated rings. The molecule has 0 aromatic rings. The van der Waals surface area contributed by atoms with Crippen molar-refractivity contribution in [3.8, 4) is 0 Å². The van der Waals surface area contributed by atoms with Crippen LogP contribution in [0.4, 0.5) is 0 Å². The third-order valence-corrected chi connectivity index (χ3v) is 3.96. The van der Waals surface area contributed by atoms with Crippen LogP contribution in [0.2, 0.25) is 23.8 Å². The molecule has 0 aliphatic heterocycles. The van der Waals surface area contributed by atoms with Gasteiger partial charge in [-0.3, -0.25) is 0 Å². The molecular formula is C13H26B2. The van der Waals surface area contributed by atoms with Crippen molar-refractivity contribution in [2.75, 3.05) is 0 Å². The average molecular weight is 204 g/mol. The van der Waals surface area contributed by atoms with Crippen molar-refractivity contribution in [3.05, 3.63) is 11.6 Å². The first-order valence-electron chi connectivity index (χ1n) is 6.09. The molecule has 0 aromatic carbocycles. The van der Waals surface area contributed by atoms with Gasteiger partial charge in [0.1, 0.15) is 14.6 Å². The molecule has 84 valence electrons. The topological polar surface area (TPSA) is 0 Å². The van der Waals surface area contributed by atoms with Crippen LogP contribution in [-0.4, -0.2) is 14.6 Å². The Morgan fingerprint density at radius 2 is 1.80 bits per heavy atom. The largest absolute Gasteiger partial charge is 0.118 e. The van der Waals surface area contributed by atoms with Gasteiger partial charge in [0.05, 0.1) is 0 Å². The Balaban J connectivity index is 4.47. The minimum atomic E-state index is 0.237.